The predicted octanol–water partition coefficient (Wildman–Crippen LogP) is 7.77. The molecule has 30 heavy (non-hydrogen) atoms. The van der Waals surface area contributed by atoms with Crippen LogP contribution >= 0.6 is 0 Å². The lowest BCUT2D eigenvalue weighted by Crippen LogP contribution is -2.15. The second-order valence-electron chi connectivity index (χ2n) is 10.3. The summed E-state index contributed by atoms with van der Waals surface area (Å²) in [6.45, 7) is 15.1. The lowest BCUT2D eigenvalue weighted by Gasteiger charge is -2.29. The molecule has 2 atom stereocenters. The summed E-state index contributed by atoms with van der Waals surface area (Å²) in [5.41, 5.74) is 4.97. The third-order valence-corrected chi connectivity index (χ3v) is 6.13. The first-order chi connectivity index (χ1) is 14.0. The van der Waals surface area contributed by atoms with Gasteiger partial charge in [-0.1, -0.05) is 69.7 Å². The normalized spacial score (nSPS) is 14.1. The summed E-state index contributed by atoms with van der Waals surface area (Å²) in [4.78, 5) is 0. The molecule has 3 aromatic carbocycles. The van der Waals surface area contributed by atoms with E-state index in [1.165, 1.54) is 0 Å². The second kappa shape index (κ2) is 8.34. The number of fused-ring (bicyclic) bond motifs is 1. The van der Waals surface area contributed by atoms with Gasteiger partial charge in [-0.25, -0.2) is 0 Å². The van der Waals surface area contributed by atoms with Crippen LogP contribution in [0.15, 0.2) is 42.5 Å². The van der Waals surface area contributed by atoms with E-state index >= 15 is 0 Å². The molecule has 3 rings (SSSR count). The van der Waals surface area contributed by atoms with Gasteiger partial charge in [0.15, 0.2) is 0 Å². The molecule has 0 aliphatic carbocycles. The molecular formula is C28H36O2. The van der Waals surface area contributed by atoms with Crippen molar-refractivity contribution in [2.45, 2.75) is 67.2 Å². The van der Waals surface area contributed by atoms with Crippen molar-refractivity contribution in [2.24, 2.45) is 11.3 Å². The topological polar surface area (TPSA) is 40.5 Å². The van der Waals surface area contributed by atoms with Crippen molar-refractivity contribution in [1.29, 1.82) is 0 Å². The Balaban J connectivity index is 2.20. The molecule has 0 spiro atoms. The van der Waals surface area contributed by atoms with Gasteiger partial charge in [-0.3, -0.25) is 0 Å². The molecule has 0 heterocycles. The number of phenols is 2. The molecule has 3 aromatic rings. The van der Waals surface area contributed by atoms with Crippen molar-refractivity contribution in [1.82, 2.24) is 0 Å². The Morgan fingerprint density at radius 1 is 0.867 bits per heavy atom. The van der Waals surface area contributed by atoms with E-state index in [9.17, 15) is 10.2 Å². The molecule has 160 valence electrons. The molecule has 2 nitrogen and oxygen atoms in total. The first kappa shape index (κ1) is 22.2. The monoisotopic (exact) mass is 404 g/mol. The van der Waals surface area contributed by atoms with Crippen LogP contribution in [-0.4, -0.2) is 10.2 Å². The van der Waals surface area contributed by atoms with Crippen LogP contribution < -0.4 is 0 Å². The lowest BCUT2D eigenvalue weighted by atomic mass is 9.76. The van der Waals surface area contributed by atoms with Crippen LogP contribution in [0.5, 0.6) is 11.5 Å². The minimum Gasteiger partial charge on any atom is -0.507 e. The van der Waals surface area contributed by atoms with Gasteiger partial charge in [0.25, 0.3) is 0 Å². The van der Waals surface area contributed by atoms with Crippen LogP contribution in [0, 0.1) is 32.1 Å². The van der Waals surface area contributed by atoms with Crippen molar-refractivity contribution in [3.63, 3.8) is 0 Å². The van der Waals surface area contributed by atoms with Crippen molar-refractivity contribution in [2.75, 3.05) is 0 Å². The Morgan fingerprint density at radius 2 is 1.50 bits per heavy atom. The Hall–Kier alpha value is -2.48. The summed E-state index contributed by atoms with van der Waals surface area (Å²) in [7, 11) is 0. The maximum absolute atomic E-state index is 11.2. The fraction of sp³-hybridized carbons (Fsp3) is 0.429. The van der Waals surface area contributed by atoms with Gasteiger partial charge in [-0.2, -0.15) is 0 Å². The van der Waals surface area contributed by atoms with Gasteiger partial charge >= 0.3 is 0 Å². The molecule has 2 unspecified atom stereocenters. The van der Waals surface area contributed by atoms with Crippen molar-refractivity contribution < 1.29 is 10.2 Å². The molecule has 0 bridgehead atoms. The lowest BCUT2D eigenvalue weighted by molar-refractivity contribution is 0.289. The SMILES string of the molecule is Cc1cc(C)c(O)c(C(CC(C)CC(C)(C)C)c2cc3ccccc3c(C)c2O)c1. The van der Waals surface area contributed by atoms with Gasteiger partial charge in [0.2, 0.25) is 0 Å². The molecular weight excluding hydrogens is 368 g/mol. The largest absolute Gasteiger partial charge is 0.507 e. The molecule has 2 heteroatoms. The summed E-state index contributed by atoms with van der Waals surface area (Å²) in [5.74, 6) is 1.07. The second-order valence-corrected chi connectivity index (χ2v) is 10.3. The van der Waals surface area contributed by atoms with E-state index in [1.807, 2.05) is 32.0 Å². The Kier molecular flexibility index (Phi) is 6.17. The highest BCUT2D eigenvalue weighted by Crippen LogP contribution is 2.45. The summed E-state index contributed by atoms with van der Waals surface area (Å²) in [5, 5.41) is 24.4. The summed E-state index contributed by atoms with van der Waals surface area (Å²) in [6.07, 6.45) is 1.96. The number of hydrogen-bond acceptors (Lipinski definition) is 2. The van der Waals surface area contributed by atoms with Gasteiger partial charge in [-0.05, 0) is 72.9 Å². The van der Waals surface area contributed by atoms with E-state index in [1.54, 1.807) is 0 Å². The molecule has 2 N–H and O–H groups in total. The zero-order chi connectivity index (χ0) is 22.2. The van der Waals surface area contributed by atoms with Crippen molar-refractivity contribution in [3.05, 3.63) is 70.3 Å². The highest BCUT2D eigenvalue weighted by Gasteiger charge is 2.27. The van der Waals surface area contributed by atoms with E-state index in [0.29, 0.717) is 17.4 Å². The van der Waals surface area contributed by atoms with E-state index in [4.69, 9.17) is 0 Å². The van der Waals surface area contributed by atoms with Gasteiger partial charge in [0.05, 0.1) is 0 Å². The molecule has 0 saturated heterocycles. The molecule has 0 aromatic heterocycles. The fourth-order valence-corrected chi connectivity index (χ4v) is 5.02. The maximum atomic E-state index is 11.2. The average Bonchev–Trinajstić information content (AvgIpc) is 2.64. The van der Waals surface area contributed by atoms with Crippen molar-refractivity contribution >= 4 is 10.8 Å². The summed E-state index contributed by atoms with van der Waals surface area (Å²) >= 11 is 0. The van der Waals surface area contributed by atoms with E-state index in [0.717, 1.165) is 51.4 Å². The number of aryl methyl sites for hydroxylation is 3. The third-order valence-electron chi connectivity index (χ3n) is 6.13. The fourth-order valence-electron chi connectivity index (χ4n) is 5.02. The Labute approximate surface area is 181 Å². The maximum Gasteiger partial charge on any atom is 0.122 e. The predicted molar refractivity (Wildman–Crippen MR) is 128 cm³/mol. The molecule has 0 amide bonds. The van der Waals surface area contributed by atoms with Crippen LogP contribution in [0.25, 0.3) is 10.8 Å². The first-order valence-electron chi connectivity index (χ1n) is 11.0. The zero-order valence-electron chi connectivity index (χ0n) is 19.5. The first-order valence-corrected chi connectivity index (χ1v) is 11.0. The molecule has 0 fully saturated rings. The summed E-state index contributed by atoms with van der Waals surface area (Å²) in [6, 6.07) is 14.4. The number of hydrogen-bond donors (Lipinski definition) is 2. The Morgan fingerprint density at radius 3 is 2.17 bits per heavy atom. The standard InChI is InChI=1S/C28H36O2/c1-17-12-19(3)26(29)24(13-17)23(14-18(2)16-28(5,6)7)25-15-21-10-8-9-11-22(21)20(4)27(25)30/h8-13,15,18,23,29-30H,14,16H2,1-7H3. The van der Waals surface area contributed by atoms with Gasteiger partial charge in [-0.15, -0.1) is 0 Å². The molecule has 0 aliphatic heterocycles. The van der Waals surface area contributed by atoms with Gasteiger partial charge in [0, 0.05) is 17.0 Å². The number of rotatable bonds is 5. The minimum absolute atomic E-state index is 0.0655. The van der Waals surface area contributed by atoms with Crippen LogP contribution in [0.4, 0.5) is 0 Å². The van der Waals surface area contributed by atoms with E-state index in [-0.39, 0.29) is 11.3 Å². The highest BCUT2D eigenvalue weighted by molar-refractivity contribution is 5.89. The number of phenolic OH excluding ortho intramolecular Hbond substituents is 2. The summed E-state index contributed by atoms with van der Waals surface area (Å²) < 4.78 is 0. The Bertz CT molecular complexity index is 1060. The van der Waals surface area contributed by atoms with Gasteiger partial charge in [0.1, 0.15) is 11.5 Å². The quantitative estimate of drug-likeness (QED) is 0.456. The smallest absolute Gasteiger partial charge is 0.122 e. The third kappa shape index (κ3) is 4.64. The minimum atomic E-state index is -0.0655. The van der Waals surface area contributed by atoms with E-state index in [2.05, 4.69) is 58.9 Å². The number of benzene rings is 3. The molecule has 0 saturated carbocycles. The van der Waals surface area contributed by atoms with Crippen LogP contribution in [0.2, 0.25) is 0 Å². The van der Waals surface area contributed by atoms with E-state index < -0.39 is 0 Å². The average molecular weight is 405 g/mol. The van der Waals surface area contributed by atoms with Crippen LogP contribution in [-0.2, 0) is 0 Å². The van der Waals surface area contributed by atoms with Gasteiger partial charge < -0.3 is 10.2 Å². The van der Waals surface area contributed by atoms with Crippen molar-refractivity contribution in [3.8, 4) is 11.5 Å². The highest BCUT2D eigenvalue weighted by atomic mass is 16.3. The molecule has 0 aliphatic rings. The van der Waals surface area contributed by atoms with Crippen LogP contribution in [0.1, 0.15) is 74.3 Å². The number of aromatic hydroxyl groups is 2. The van der Waals surface area contributed by atoms with Crippen LogP contribution in [0.3, 0.4) is 0 Å². The zero-order valence-corrected chi connectivity index (χ0v) is 19.5. The molecule has 0 radical (unpaired) electrons.